The average molecular weight is 288 g/mol. The van der Waals surface area contributed by atoms with Gasteiger partial charge in [0.05, 0.1) is 12.6 Å². The van der Waals surface area contributed by atoms with Crippen molar-refractivity contribution < 1.29 is 9.53 Å². The van der Waals surface area contributed by atoms with Gasteiger partial charge in [0.2, 0.25) is 11.9 Å². The third kappa shape index (κ3) is 2.94. The Morgan fingerprint density at radius 3 is 3.05 bits per heavy atom. The van der Waals surface area contributed by atoms with Crippen molar-refractivity contribution >= 4 is 22.9 Å². The Balaban J connectivity index is 1.68. The number of carbonyl (C=O) groups excluding carboxylic acids is 1. The molecule has 0 spiro atoms. The van der Waals surface area contributed by atoms with Crippen LogP contribution in [-0.4, -0.2) is 28.6 Å². The molecule has 0 atom stereocenters. The molecular formula is C15H20N4O2. The molecule has 1 saturated carbocycles. The summed E-state index contributed by atoms with van der Waals surface area (Å²) in [4.78, 5) is 16.0. The molecule has 2 aromatic rings. The van der Waals surface area contributed by atoms with Gasteiger partial charge < -0.3 is 20.4 Å². The Morgan fingerprint density at radius 2 is 2.33 bits per heavy atom. The minimum atomic E-state index is 0.123. The van der Waals surface area contributed by atoms with Gasteiger partial charge in [-0.3, -0.25) is 4.79 Å². The first-order valence-corrected chi connectivity index (χ1v) is 7.27. The maximum absolute atomic E-state index is 11.7. The fraction of sp³-hybridized carbons (Fsp3) is 0.467. The lowest BCUT2D eigenvalue weighted by molar-refractivity contribution is -0.121. The van der Waals surface area contributed by atoms with Crippen LogP contribution >= 0.6 is 0 Å². The summed E-state index contributed by atoms with van der Waals surface area (Å²) in [6.07, 6.45) is 3.49. The summed E-state index contributed by atoms with van der Waals surface area (Å²) in [6.45, 7) is 0.674. The van der Waals surface area contributed by atoms with Crippen molar-refractivity contribution in [1.29, 1.82) is 0 Å². The van der Waals surface area contributed by atoms with Crippen molar-refractivity contribution in [1.82, 2.24) is 14.9 Å². The molecular weight excluding hydrogens is 268 g/mol. The predicted molar refractivity (Wildman–Crippen MR) is 81.1 cm³/mol. The second kappa shape index (κ2) is 5.63. The van der Waals surface area contributed by atoms with Crippen molar-refractivity contribution in [3.63, 3.8) is 0 Å². The molecule has 1 aliphatic rings. The molecule has 0 saturated heterocycles. The average Bonchev–Trinajstić information content (AvgIpc) is 3.22. The third-order valence-corrected chi connectivity index (χ3v) is 3.72. The van der Waals surface area contributed by atoms with Crippen LogP contribution in [0.1, 0.15) is 25.7 Å². The van der Waals surface area contributed by atoms with Gasteiger partial charge in [-0.1, -0.05) is 6.07 Å². The number of hydrogen-bond donors (Lipinski definition) is 2. The van der Waals surface area contributed by atoms with Crippen LogP contribution in [-0.2, 0) is 11.3 Å². The summed E-state index contributed by atoms with van der Waals surface area (Å²) in [5, 5.41) is 2.99. The number of methoxy groups -OCH3 is 1. The van der Waals surface area contributed by atoms with Crippen LogP contribution in [0, 0.1) is 0 Å². The van der Waals surface area contributed by atoms with Crippen LogP contribution in [0.15, 0.2) is 18.2 Å². The van der Waals surface area contributed by atoms with E-state index in [2.05, 4.69) is 10.3 Å². The molecule has 0 bridgehead atoms. The molecule has 1 amide bonds. The smallest absolute Gasteiger partial charge is 0.220 e. The lowest BCUT2D eigenvalue weighted by Crippen LogP contribution is -2.25. The maximum atomic E-state index is 11.7. The van der Waals surface area contributed by atoms with E-state index in [0.29, 0.717) is 30.7 Å². The van der Waals surface area contributed by atoms with Gasteiger partial charge in [-0.15, -0.1) is 0 Å². The highest BCUT2D eigenvalue weighted by Gasteiger charge is 2.22. The summed E-state index contributed by atoms with van der Waals surface area (Å²) in [7, 11) is 1.62. The zero-order chi connectivity index (χ0) is 14.8. The monoisotopic (exact) mass is 288 g/mol. The first-order valence-electron chi connectivity index (χ1n) is 7.27. The van der Waals surface area contributed by atoms with E-state index < -0.39 is 0 Å². The fourth-order valence-electron chi connectivity index (χ4n) is 2.46. The number of imidazole rings is 1. The molecule has 6 nitrogen and oxygen atoms in total. The van der Waals surface area contributed by atoms with Gasteiger partial charge in [-0.05, 0) is 31.4 Å². The molecule has 1 fully saturated rings. The van der Waals surface area contributed by atoms with E-state index >= 15 is 0 Å². The van der Waals surface area contributed by atoms with E-state index in [1.807, 2.05) is 22.8 Å². The zero-order valence-corrected chi connectivity index (χ0v) is 12.1. The number of carbonyl (C=O) groups is 1. The highest BCUT2D eigenvalue weighted by molar-refractivity contribution is 5.84. The van der Waals surface area contributed by atoms with Crippen LogP contribution in [0.4, 0.5) is 5.95 Å². The minimum Gasteiger partial charge on any atom is -0.494 e. The van der Waals surface area contributed by atoms with E-state index in [0.717, 1.165) is 30.3 Å². The van der Waals surface area contributed by atoms with E-state index in [1.165, 1.54) is 0 Å². The Bertz CT molecular complexity index is 661. The summed E-state index contributed by atoms with van der Waals surface area (Å²) in [5.74, 6) is 1.29. The molecule has 0 unspecified atom stereocenters. The number of nitrogens with zero attached hydrogens (tertiary/aromatic N) is 2. The highest BCUT2D eigenvalue weighted by atomic mass is 16.5. The van der Waals surface area contributed by atoms with E-state index in [-0.39, 0.29) is 5.91 Å². The van der Waals surface area contributed by atoms with Gasteiger partial charge in [0.25, 0.3) is 0 Å². The van der Waals surface area contributed by atoms with Crippen molar-refractivity contribution in [2.75, 3.05) is 12.8 Å². The molecule has 1 aromatic heterocycles. The minimum absolute atomic E-state index is 0.123. The molecule has 0 radical (unpaired) electrons. The lowest BCUT2D eigenvalue weighted by atomic mass is 10.2. The van der Waals surface area contributed by atoms with Gasteiger partial charge in [0, 0.05) is 19.0 Å². The number of anilines is 1. The number of fused-ring (bicyclic) bond motifs is 1. The third-order valence-electron chi connectivity index (χ3n) is 3.72. The van der Waals surface area contributed by atoms with Gasteiger partial charge in [0.1, 0.15) is 11.3 Å². The summed E-state index contributed by atoms with van der Waals surface area (Å²) in [6, 6.07) is 6.16. The number of ether oxygens (including phenoxy) is 1. The van der Waals surface area contributed by atoms with Crippen molar-refractivity contribution in [2.45, 2.75) is 38.3 Å². The molecule has 1 aromatic carbocycles. The van der Waals surface area contributed by atoms with E-state index in [1.54, 1.807) is 7.11 Å². The summed E-state index contributed by atoms with van der Waals surface area (Å²) < 4.78 is 7.23. The first kappa shape index (κ1) is 13.7. The topological polar surface area (TPSA) is 82.2 Å². The molecule has 0 aliphatic heterocycles. The Kier molecular flexibility index (Phi) is 3.68. The quantitative estimate of drug-likeness (QED) is 0.847. The number of hydrogen-bond acceptors (Lipinski definition) is 4. The molecule has 1 aliphatic carbocycles. The SMILES string of the molecule is COc1cccc2c1nc(N)n2CCCC(=O)NC1CC1. The van der Waals surface area contributed by atoms with Crippen LogP contribution in [0.2, 0.25) is 0 Å². The number of nitrogen functional groups attached to an aromatic ring is 1. The van der Waals surface area contributed by atoms with E-state index in [9.17, 15) is 4.79 Å². The number of nitrogens with two attached hydrogens (primary N) is 1. The second-order valence-corrected chi connectivity index (χ2v) is 5.39. The van der Waals surface area contributed by atoms with Gasteiger partial charge in [0.15, 0.2) is 0 Å². The van der Waals surface area contributed by atoms with Crippen LogP contribution in [0.5, 0.6) is 5.75 Å². The van der Waals surface area contributed by atoms with Gasteiger partial charge in [-0.25, -0.2) is 4.98 Å². The molecule has 6 heteroatoms. The van der Waals surface area contributed by atoms with Crippen molar-refractivity contribution in [2.24, 2.45) is 0 Å². The lowest BCUT2D eigenvalue weighted by Gasteiger charge is -2.07. The number of aromatic nitrogens is 2. The van der Waals surface area contributed by atoms with E-state index in [4.69, 9.17) is 10.5 Å². The second-order valence-electron chi connectivity index (χ2n) is 5.39. The van der Waals surface area contributed by atoms with Crippen molar-refractivity contribution in [3.8, 4) is 5.75 Å². The normalized spacial score (nSPS) is 14.3. The number of nitrogens with one attached hydrogen (secondary N) is 1. The Morgan fingerprint density at radius 1 is 1.52 bits per heavy atom. The zero-order valence-electron chi connectivity index (χ0n) is 12.1. The standard InChI is InChI=1S/C15H20N4O2/c1-21-12-5-2-4-11-14(12)18-15(16)19(11)9-3-6-13(20)17-10-7-8-10/h2,4-5,10H,3,6-9H2,1H3,(H2,16,18)(H,17,20). The van der Waals surface area contributed by atoms with Crippen LogP contribution in [0.25, 0.3) is 11.0 Å². The van der Waals surface area contributed by atoms with Gasteiger partial charge >= 0.3 is 0 Å². The molecule has 3 rings (SSSR count). The van der Waals surface area contributed by atoms with Crippen molar-refractivity contribution in [3.05, 3.63) is 18.2 Å². The highest BCUT2D eigenvalue weighted by Crippen LogP contribution is 2.27. The largest absolute Gasteiger partial charge is 0.494 e. The number of benzene rings is 1. The number of rotatable bonds is 6. The molecule has 112 valence electrons. The number of amides is 1. The Hall–Kier alpha value is -2.24. The first-order chi connectivity index (χ1) is 10.2. The predicted octanol–water partition coefficient (Wildman–Crippen LogP) is 1.69. The van der Waals surface area contributed by atoms with Gasteiger partial charge in [-0.2, -0.15) is 0 Å². The maximum Gasteiger partial charge on any atom is 0.220 e. The number of para-hydroxylation sites is 1. The van der Waals surface area contributed by atoms with Crippen LogP contribution < -0.4 is 15.8 Å². The fourth-order valence-corrected chi connectivity index (χ4v) is 2.46. The van der Waals surface area contributed by atoms with Crippen LogP contribution in [0.3, 0.4) is 0 Å². The number of aryl methyl sites for hydroxylation is 1. The summed E-state index contributed by atoms with van der Waals surface area (Å²) in [5.41, 5.74) is 7.68. The molecule has 3 N–H and O–H groups in total. The molecule has 1 heterocycles. The molecule has 21 heavy (non-hydrogen) atoms. The Labute approximate surface area is 123 Å². The summed E-state index contributed by atoms with van der Waals surface area (Å²) >= 11 is 0.